The molecule has 0 aromatic heterocycles. The van der Waals surface area contributed by atoms with Gasteiger partial charge in [-0.15, -0.1) is 0 Å². The molecule has 1 aliphatic heterocycles. The third-order valence-electron chi connectivity index (χ3n) is 3.34. The van der Waals surface area contributed by atoms with E-state index >= 15 is 0 Å². The van der Waals surface area contributed by atoms with Crippen LogP contribution in [-0.4, -0.2) is 25.6 Å². The fourth-order valence-electron chi connectivity index (χ4n) is 2.32. The van der Waals surface area contributed by atoms with Gasteiger partial charge < -0.3 is 15.4 Å². The quantitative estimate of drug-likeness (QED) is 0.851. The van der Waals surface area contributed by atoms with Gasteiger partial charge in [-0.2, -0.15) is 0 Å². The Morgan fingerprint density at radius 1 is 1.50 bits per heavy atom. The van der Waals surface area contributed by atoms with Gasteiger partial charge in [0.15, 0.2) is 0 Å². The number of carbonyl (C=O) groups is 1. The van der Waals surface area contributed by atoms with Crippen LogP contribution in [0.15, 0.2) is 24.3 Å². The summed E-state index contributed by atoms with van der Waals surface area (Å²) in [6, 6.07) is 7.68. The maximum Gasteiger partial charge on any atom is 0.237 e. The van der Waals surface area contributed by atoms with E-state index in [1.807, 2.05) is 31.2 Å². The molecule has 18 heavy (non-hydrogen) atoms. The van der Waals surface area contributed by atoms with E-state index in [2.05, 4.69) is 10.6 Å². The highest BCUT2D eigenvalue weighted by Crippen LogP contribution is 2.24. The van der Waals surface area contributed by atoms with Crippen molar-refractivity contribution in [2.45, 2.75) is 31.8 Å². The Hall–Kier alpha value is -1.55. The van der Waals surface area contributed by atoms with Crippen LogP contribution in [0, 0.1) is 0 Å². The van der Waals surface area contributed by atoms with E-state index in [0.29, 0.717) is 0 Å². The van der Waals surface area contributed by atoms with E-state index in [-0.39, 0.29) is 18.0 Å². The minimum absolute atomic E-state index is 0.0397. The van der Waals surface area contributed by atoms with Gasteiger partial charge in [-0.1, -0.05) is 18.2 Å². The van der Waals surface area contributed by atoms with Crippen LogP contribution in [0.25, 0.3) is 0 Å². The van der Waals surface area contributed by atoms with Gasteiger partial charge in [-0.25, -0.2) is 0 Å². The normalized spacial score (nSPS) is 20.4. The van der Waals surface area contributed by atoms with Gasteiger partial charge in [0.2, 0.25) is 5.91 Å². The topological polar surface area (TPSA) is 50.4 Å². The first-order valence-corrected chi connectivity index (χ1v) is 6.39. The Kier molecular flexibility index (Phi) is 4.20. The molecule has 4 nitrogen and oxygen atoms in total. The summed E-state index contributed by atoms with van der Waals surface area (Å²) < 4.78 is 5.31. The molecule has 1 fully saturated rings. The molecule has 1 aromatic rings. The maximum atomic E-state index is 12.0. The van der Waals surface area contributed by atoms with Crippen LogP contribution in [0.2, 0.25) is 0 Å². The third-order valence-corrected chi connectivity index (χ3v) is 3.34. The molecule has 0 bridgehead atoms. The van der Waals surface area contributed by atoms with Crippen molar-refractivity contribution in [3.05, 3.63) is 29.8 Å². The monoisotopic (exact) mass is 248 g/mol. The van der Waals surface area contributed by atoms with Crippen LogP contribution >= 0.6 is 0 Å². The molecule has 0 radical (unpaired) electrons. The lowest BCUT2D eigenvalue weighted by molar-refractivity contribution is -0.123. The molecule has 1 aromatic carbocycles. The van der Waals surface area contributed by atoms with E-state index in [1.165, 1.54) is 0 Å². The van der Waals surface area contributed by atoms with E-state index in [0.717, 1.165) is 30.7 Å². The van der Waals surface area contributed by atoms with Gasteiger partial charge in [0.1, 0.15) is 5.75 Å². The van der Waals surface area contributed by atoms with Crippen LogP contribution in [0.1, 0.15) is 31.4 Å². The number of amides is 1. The number of hydrogen-bond acceptors (Lipinski definition) is 3. The van der Waals surface area contributed by atoms with Gasteiger partial charge in [0.25, 0.3) is 0 Å². The second kappa shape index (κ2) is 5.87. The first-order valence-electron chi connectivity index (χ1n) is 6.39. The Labute approximate surface area is 108 Å². The highest BCUT2D eigenvalue weighted by Gasteiger charge is 2.23. The molecule has 1 aliphatic rings. The Morgan fingerprint density at radius 2 is 2.28 bits per heavy atom. The molecule has 1 heterocycles. The largest absolute Gasteiger partial charge is 0.496 e. The first-order chi connectivity index (χ1) is 8.72. The summed E-state index contributed by atoms with van der Waals surface area (Å²) in [5.41, 5.74) is 1.01. The van der Waals surface area contributed by atoms with Crippen molar-refractivity contribution in [3.8, 4) is 5.75 Å². The number of rotatable bonds is 4. The minimum Gasteiger partial charge on any atom is -0.496 e. The Balaban J connectivity index is 2.02. The summed E-state index contributed by atoms with van der Waals surface area (Å²) in [7, 11) is 1.64. The molecule has 2 N–H and O–H groups in total. The van der Waals surface area contributed by atoms with Crippen molar-refractivity contribution < 1.29 is 9.53 Å². The average Bonchev–Trinajstić information content (AvgIpc) is 2.92. The summed E-state index contributed by atoms with van der Waals surface area (Å²) in [4.78, 5) is 12.0. The highest BCUT2D eigenvalue weighted by atomic mass is 16.5. The van der Waals surface area contributed by atoms with Gasteiger partial charge in [0, 0.05) is 5.56 Å². The Bertz CT molecular complexity index is 414. The summed E-state index contributed by atoms with van der Waals surface area (Å²) in [6.07, 6.45) is 1.99. The lowest BCUT2D eigenvalue weighted by atomic mass is 10.1. The average molecular weight is 248 g/mol. The number of para-hydroxylation sites is 1. The van der Waals surface area contributed by atoms with E-state index in [9.17, 15) is 4.79 Å². The van der Waals surface area contributed by atoms with Gasteiger partial charge in [-0.05, 0) is 32.4 Å². The van der Waals surface area contributed by atoms with Crippen LogP contribution in [-0.2, 0) is 4.79 Å². The predicted octanol–water partition coefficient (Wildman–Crippen LogP) is 1.62. The molecule has 1 saturated heterocycles. The molecule has 0 saturated carbocycles. The smallest absolute Gasteiger partial charge is 0.237 e. The number of hydrogen-bond donors (Lipinski definition) is 2. The van der Waals surface area contributed by atoms with E-state index < -0.39 is 0 Å². The van der Waals surface area contributed by atoms with Crippen molar-refractivity contribution in [2.75, 3.05) is 13.7 Å². The van der Waals surface area contributed by atoms with Crippen molar-refractivity contribution in [3.63, 3.8) is 0 Å². The van der Waals surface area contributed by atoms with Crippen LogP contribution in [0.5, 0.6) is 5.75 Å². The molecule has 0 unspecified atom stereocenters. The van der Waals surface area contributed by atoms with Crippen molar-refractivity contribution in [1.29, 1.82) is 0 Å². The number of methoxy groups -OCH3 is 1. The van der Waals surface area contributed by atoms with Crippen molar-refractivity contribution >= 4 is 5.91 Å². The second-order valence-electron chi connectivity index (χ2n) is 4.62. The summed E-state index contributed by atoms with van der Waals surface area (Å²) in [5, 5.41) is 6.23. The third kappa shape index (κ3) is 2.82. The first kappa shape index (κ1) is 12.9. The standard InChI is InChI=1S/C14H20N2O2/c1-10(11-6-3-4-8-13(11)18-2)16-14(17)12-7-5-9-15-12/h3-4,6,8,10,12,15H,5,7,9H2,1-2H3,(H,16,17)/t10-,12-/m1/s1. The number of carbonyl (C=O) groups excluding carboxylic acids is 1. The minimum atomic E-state index is -0.0453. The van der Waals surface area contributed by atoms with Crippen LogP contribution in [0.3, 0.4) is 0 Å². The molecule has 0 aliphatic carbocycles. The van der Waals surface area contributed by atoms with Crippen LogP contribution < -0.4 is 15.4 Å². The zero-order chi connectivity index (χ0) is 13.0. The SMILES string of the molecule is COc1ccccc1[C@@H](C)NC(=O)[C@H]1CCCN1. The summed E-state index contributed by atoms with van der Waals surface area (Å²) >= 11 is 0. The van der Waals surface area contributed by atoms with Gasteiger partial charge in [-0.3, -0.25) is 4.79 Å². The second-order valence-corrected chi connectivity index (χ2v) is 4.62. The fourth-order valence-corrected chi connectivity index (χ4v) is 2.32. The zero-order valence-corrected chi connectivity index (χ0v) is 10.9. The maximum absolute atomic E-state index is 12.0. The molecule has 4 heteroatoms. The highest BCUT2D eigenvalue weighted by molar-refractivity contribution is 5.82. The molecule has 2 rings (SSSR count). The van der Waals surface area contributed by atoms with Crippen LogP contribution in [0.4, 0.5) is 0 Å². The van der Waals surface area contributed by atoms with E-state index in [1.54, 1.807) is 7.11 Å². The van der Waals surface area contributed by atoms with Crippen molar-refractivity contribution in [1.82, 2.24) is 10.6 Å². The lowest BCUT2D eigenvalue weighted by Gasteiger charge is -2.19. The van der Waals surface area contributed by atoms with E-state index in [4.69, 9.17) is 4.74 Å². The molecule has 2 atom stereocenters. The molecular formula is C14H20N2O2. The van der Waals surface area contributed by atoms with Crippen molar-refractivity contribution in [2.24, 2.45) is 0 Å². The molecule has 98 valence electrons. The fraction of sp³-hybridized carbons (Fsp3) is 0.500. The molecule has 0 spiro atoms. The number of ether oxygens (including phenoxy) is 1. The predicted molar refractivity (Wildman–Crippen MR) is 70.6 cm³/mol. The number of benzene rings is 1. The number of nitrogens with one attached hydrogen (secondary N) is 2. The zero-order valence-electron chi connectivity index (χ0n) is 10.9. The molecular weight excluding hydrogens is 228 g/mol. The molecule has 1 amide bonds. The van der Waals surface area contributed by atoms with Gasteiger partial charge >= 0.3 is 0 Å². The Morgan fingerprint density at radius 3 is 2.94 bits per heavy atom. The lowest BCUT2D eigenvalue weighted by Crippen LogP contribution is -2.41. The van der Waals surface area contributed by atoms with Gasteiger partial charge in [0.05, 0.1) is 19.2 Å². The summed E-state index contributed by atoms with van der Waals surface area (Å²) in [5.74, 6) is 0.885. The summed E-state index contributed by atoms with van der Waals surface area (Å²) in [6.45, 7) is 2.91.